The maximum atomic E-state index is 12.0. The molecular formula is C12H11NO3. The third-order valence-corrected chi connectivity index (χ3v) is 2.50. The number of hydrogen-bond donors (Lipinski definition) is 0. The van der Waals surface area contributed by atoms with Gasteiger partial charge in [-0.3, -0.25) is 4.79 Å². The first-order chi connectivity index (χ1) is 7.65. The average Bonchev–Trinajstić information content (AvgIpc) is 2.33. The van der Waals surface area contributed by atoms with Crippen LogP contribution in [0.1, 0.15) is 10.4 Å². The molecule has 82 valence electrons. The van der Waals surface area contributed by atoms with Gasteiger partial charge < -0.3 is 9.30 Å². The third-order valence-electron chi connectivity index (χ3n) is 2.50. The lowest BCUT2D eigenvalue weighted by molar-refractivity contribution is 0.0598. The van der Waals surface area contributed by atoms with Gasteiger partial charge in [-0.2, -0.15) is 0 Å². The van der Waals surface area contributed by atoms with E-state index in [1.807, 2.05) is 12.1 Å². The number of nitrogens with zero attached hydrogens (tertiary/aromatic N) is 1. The lowest BCUT2D eigenvalue weighted by Gasteiger charge is -2.07. The summed E-state index contributed by atoms with van der Waals surface area (Å²) in [7, 11) is 3.05. The van der Waals surface area contributed by atoms with E-state index in [0.717, 1.165) is 5.52 Å². The van der Waals surface area contributed by atoms with Gasteiger partial charge in [-0.05, 0) is 12.1 Å². The van der Waals surface area contributed by atoms with E-state index < -0.39 is 5.97 Å². The molecule has 2 rings (SSSR count). The second kappa shape index (κ2) is 3.81. The Balaban J connectivity index is 2.86. The van der Waals surface area contributed by atoms with Crippen LogP contribution in [-0.2, 0) is 11.8 Å². The molecule has 0 atom stereocenters. The fourth-order valence-corrected chi connectivity index (χ4v) is 1.70. The molecule has 0 aliphatic rings. The van der Waals surface area contributed by atoms with E-state index in [9.17, 15) is 9.59 Å². The van der Waals surface area contributed by atoms with Crippen LogP contribution < -0.4 is 5.43 Å². The molecule has 16 heavy (non-hydrogen) atoms. The summed E-state index contributed by atoms with van der Waals surface area (Å²) in [5.74, 6) is -0.605. The molecule has 0 bridgehead atoms. The highest BCUT2D eigenvalue weighted by molar-refractivity contribution is 5.93. The Bertz CT molecular complexity index is 613. The molecule has 0 amide bonds. The van der Waals surface area contributed by atoms with E-state index >= 15 is 0 Å². The van der Waals surface area contributed by atoms with Gasteiger partial charge in [0.25, 0.3) is 0 Å². The number of rotatable bonds is 1. The van der Waals surface area contributed by atoms with Crippen LogP contribution in [0.25, 0.3) is 10.9 Å². The number of para-hydroxylation sites is 1. The van der Waals surface area contributed by atoms with E-state index in [4.69, 9.17) is 0 Å². The Kier molecular flexibility index (Phi) is 2.48. The van der Waals surface area contributed by atoms with Crippen molar-refractivity contribution in [2.45, 2.75) is 0 Å². The quantitative estimate of drug-likeness (QED) is 0.677. The van der Waals surface area contributed by atoms with Crippen molar-refractivity contribution in [1.82, 2.24) is 4.57 Å². The van der Waals surface area contributed by atoms with Crippen LogP contribution >= 0.6 is 0 Å². The number of benzene rings is 1. The molecule has 4 nitrogen and oxygen atoms in total. The number of hydrogen-bond acceptors (Lipinski definition) is 3. The molecule has 0 saturated carbocycles. The van der Waals surface area contributed by atoms with Gasteiger partial charge in [0.2, 0.25) is 5.43 Å². The predicted molar refractivity (Wildman–Crippen MR) is 60.5 cm³/mol. The smallest absolute Gasteiger partial charge is 0.343 e. The standard InChI is InChI=1S/C12H11NO3/c1-13-7-9(12(15)16-2)11(14)8-5-3-4-6-10(8)13/h3-7H,1-2H3. The van der Waals surface area contributed by atoms with Crippen LogP contribution in [0.3, 0.4) is 0 Å². The van der Waals surface area contributed by atoms with Crippen LogP contribution in [0.5, 0.6) is 0 Å². The Hall–Kier alpha value is -2.10. The lowest BCUT2D eigenvalue weighted by atomic mass is 10.1. The highest BCUT2D eigenvalue weighted by atomic mass is 16.5. The number of ether oxygens (including phenoxy) is 1. The summed E-state index contributed by atoms with van der Waals surface area (Å²) in [4.78, 5) is 23.4. The molecular weight excluding hydrogens is 206 g/mol. The fraction of sp³-hybridized carbons (Fsp3) is 0.167. The molecule has 0 aliphatic heterocycles. The normalized spacial score (nSPS) is 10.4. The van der Waals surface area contributed by atoms with Crippen molar-refractivity contribution in [2.24, 2.45) is 7.05 Å². The van der Waals surface area contributed by atoms with Crippen molar-refractivity contribution in [3.8, 4) is 0 Å². The zero-order chi connectivity index (χ0) is 11.7. The van der Waals surface area contributed by atoms with Gasteiger partial charge in [-0.25, -0.2) is 4.79 Å². The monoisotopic (exact) mass is 217 g/mol. The molecule has 0 aliphatic carbocycles. The summed E-state index contributed by atoms with van der Waals surface area (Å²) in [6.07, 6.45) is 1.50. The van der Waals surface area contributed by atoms with Gasteiger partial charge in [0.05, 0.1) is 12.6 Å². The third kappa shape index (κ3) is 1.48. The number of esters is 1. The Morgan fingerprint density at radius 2 is 2.00 bits per heavy atom. The molecule has 1 aromatic carbocycles. The van der Waals surface area contributed by atoms with Gasteiger partial charge in [0, 0.05) is 18.6 Å². The highest BCUT2D eigenvalue weighted by Crippen LogP contribution is 2.10. The first-order valence-corrected chi connectivity index (χ1v) is 4.82. The number of aryl methyl sites for hydroxylation is 1. The van der Waals surface area contributed by atoms with Crippen LogP contribution in [0.4, 0.5) is 0 Å². The van der Waals surface area contributed by atoms with Crippen molar-refractivity contribution >= 4 is 16.9 Å². The molecule has 1 aromatic heterocycles. The van der Waals surface area contributed by atoms with Crippen LogP contribution in [0.2, 0.25) is 0 Å². The molecule has 0 N–H and O–H groups in total. The van der Waals surface area contributed by atoms with Crippen molar-refractivity contribution in [3.05, 3.63) is 46.2 Å². The molecule has 0 radical (unpaired) electrons. The van der Waals surface area contributed by atoms with Crippen LogP contribution in [0, 0.1) is 0 Å². The minimum Gasteiger partial charge on any atom is -0.465 e. The summed E-state index contributed by atoms with van der Waals surface area (Å²) in [5.41, 5.74) is 0.560. The maximum Gasteiger partial charge on any atom is 0.343 e. The fourth-order valence-electron chi connectivity index (χ4n) is 1.70. The summed E-state index contributed by atoms with van der Waals surface area (Å²) in [6, 6.07) is 7.15. The summed E-state index contributed by atoms with van der Waals surface area (Å²) in [5, 5.41) is 0.521. The van der Waals surface area contributed by atoms with Crippen molar-refractivity contribution in [2.75, 3.05) is 7.11 Å². The number of aromatic nitrogens is 1. The highest BCUT2D eigenvalue weighted by Gasteiger charge is 2.13. The minimum absolute atomic E-state index is 0.0590. The molecule has 0 unspecified atom stereocenters. The van der Waals surface area contributed by atoms with E-state index in [-0.39, 0.29) is 11.0 Å². The lowest BCUT2D eigenvalue weighted by Crippen LogP contribution is -2.19. The van der Waals surface area contributed by atoms with Crippen molar-refractivity contribution in [3.63, 3.8) is 0 Å². The topological polar surface area (TPSA) is 48.3 Å². The zero-order valence-electron chi connectivity index (χ0n) is 9.06. The summed E-state index contributed by atoms with van der Waals surface area (Å²) in [6.45, 7) is 0. The molecule has 4 heteroatoms. The Labute approximate surface area is 92.1 Å². The first kappa shape index (κ1) is 10.4. The minimum atomic E-state index is -0.605. The maximum absolute atomic E-state index is 12.0. The molecule has 0 spiro atoms. The van der Waals surface area contributed by atoms with E-state index in [2.05, 4.69) is 4.74 Å². The number of fused-ring (bicyclic) bond motifs is 1. The number of pyridine rings is 1. The molecule has 2 aromatic rings. The van der Waals surface area contributed by atoms with Gasteiger partial charge in [-0.15, -0.1) is 0 Å². The van der Waals surface area contributed by atoms with Gasteiger partial charge in [0.1, 0.15) is 5.56 Å². The van der Waals surface area contributed by atoms with Gasteiger partial charge in [0.15, 0.2) is 0 Å². The summed E-state index contributed by atoms with van der Waals surface area (Å²) < 4.78 is 6.31. The van der Waals surface area contributed by atoms with E-state index in [1.165, 1.54) is 13.3 Å². The van der Waals surface area contributed by atoms with E-state index in [1.54, 1.807) is 23.7 Å². The van der Waals surface area contributed by atoms with Crippen molar-refractivity contribution < 1.29 is 9.53 Å². The Morgan fingerprint density at radius 3 is 2.69 bits per heavy atom. The predicted octanol–water partition coefficient (Wildman–Crippen LogP) is 1.33. The van der Waals surface area contributed by atoms with Gasteiger partial charge in [-0.1, -0.05) is 12.1 Å². The molecule has 0 saturated heterocycles. The average molecular weight is 217 g/mol. The Morgan fingerprint density at radius 1 is 1.31 bits per heavy atom. The molecule has 0 fully saturated rings. The largest absolute Gasteiger partial charge is 0.465 e. The van der Waals surface area contributed by atoms with Crippen LogP contribution in [-0.4, -0.2) is 17.6 Å². The second-order valence-corrected chi connectivity index (χ2v) is 3.49. The second-order valence-electron chi connectivity index (χ2n) is 3.49. The number of methoxy groups -OCH3 is 1. The number of carbonyl (C=O) groups is 1. The first-order valence-electron chi connectivity index (χ1n) is 4.82. The SMILES string of the molecule is COC(=O)c1cn(C)c2ccccc2c1=O. The summed E-state index contributed by atoms with van der Waals surface area (Å²) >= 11 is 0. The molecule has 1 heterocycles. The van der Waals surface area contributed by atoms with Crippen molar-refractivity contribution in [1.29, 1.82) is 0 Å². The van der Waals surface area contributed by atoms with Crippen LogP contribution in [0.15, 0.2) is 35.3 Å². The van der Waals surface area contributed by atoms with E-state index in [0.29, 0.717) is 5.39 Å². The van der Waals surface area contributed by atoms with Gasteiger partial charge >= 0.3 is 5.97 Å². The number of carbonyl (C=O) groups excluding carboxylic acids is 1. The zero-order valence-corrected chi connectivity index (χ0v) is 9.06.